The summed E-state index contributed by atoms with van der Waals surface area (Å²) in [5.74, 6) is 0.776. The summed E-state index contributed by atoms with van der Waals surface area (Å²) in [6.07, 6.45) is 2.61. The van der Waals surface area contributed by atoms with Crippen LogP contribution in [0, 0.1) is 5.92 Å². The van der Waals surface area contributed by atoms with E-state index in [0.29, 0.717) is 12.3 Å². The summed E-state index contributed by atoms with van der Waals surface area (Å²) in [6.45, 7) is 2.85. The van der Waals surface area contributed by atoms with Gasteiger partial charge in [-0.25, -0.2) is 0 Å². The smallest absolute Gasteiger partial charge is 0.222 e. The van der Waals surface area contributed by atoms with Crippen LogP contribution in [0.15, 0.2) is 0 Å². The summed E-state index contributed by atoms with van der Waals surface area (Å²) in [6, 6.07) is 0. The van der Waals surface area contributed by atoms with Gasteiger partial charge in [0.25, 0.3) is 0 Å². The van der Waals surface area contributed by atoms with Crippen LogP contribution >= 0.6 is 0 Å². The number of hydrogen-bond donors (Lipinski definition) is 1. The minimum absolute atomic E-state index is 0.207. The quantitative estimate of drug-likeness (QED) is 0.668. The molecule has 12 heavy (non-hydrogen) atoms. The van der Waals surface area contributed by atoms with Crippen molar-refractivity contribution in [3.8, 4) is 0 Å². The lowest BCUT2D eigenvalue weighted by Gasteiger charge is -2.12. The molecule has 0 aliphatic rings. The van der Waals surface area contributed by atoms with E-state index in [0.717, 1.165) is 19.4 Å². The zero-order chi connectivity index (χ0) is 9.56. The maximum atomic E-state index is 11.1. The van der Waals surface area contributed by atoms with Crippen LogP contribution in [0.4, 0.5) is 0 Å². The van der Waals surface area contributed by atoms with Gasteiger partial charge >= 0.3 is 0 Å². The highest BCUT2D eigenvalue weighted by molar-refractivity contribution is 5.75. The largest absolute Gasteiger partial charge is 0.349 e. The number of nitrogens with two attached hydrogens (primary N) is 1. The third-order valence-electron chi connectivity index (χ3n) is 2.01. The predicted molar refractivity (Wildman–Crippen MR) is 50.8 cm³/mol. The lowest BCUT2D eigenvalue weighted by atomic mass is 10.0. The molecule has 0 spiro atoms. The Morgan fingerprint density at radius 1 is 1.42 bits per heavy atom. The second-order valence-electron chi connectivity index (χ2n) is 3.51. The Morgan fingerprint density at radius 2 is 2.00 bits per heavy atom. The lowest BCUT2D eigenvalue weighted by molar-refractivity contribution is -0.128. The molecule has 3 nitrogen and oxygen atoms in total. The molecule has 1 atom stereocenters. The number of hydrogen-bond acceptors (Lipinski definition) is 2. The van der Waals surface area contributed by atoms with Gasteiger partial charge in [-0.3, -0.25) is 4.79 Å². The summed E-state index contributed by atoms with van der Waals surface area (Å²) in [5, 5.41) is 0. The minimum atomic E-state index is 0.207. The maximum Gasteiger partial charge on any atom is 0.222 e. The highest BCUT2D eigenvalue weighted by Crippen LogP contribution is 2.09. The summed E-state index contributed by atoms with van der Waals surface area (Å²) < 4.78 is 0. The van der Waals surface area contributed by atoms with Gasteiger partial charge in [0.05, 0.1) is 0 Å². The van der Waals surface area contributed by atoms with Crippen molar-refractivity contribution < 1.29 is 4.79 Å². The molecule has 0 bridgehead atoms. The molecular weight excluding hydrogens is 152 g/mol. The van der Waals surface area contributed by atoms with E-state index >= 15 is 0 Å². The fourth-order valence-corrected chi connectivity index (χ4v) is 1.02. The van der Waals surface area contributed by atoms with Gasteiger partial charge in [0.2, 0.25) is 5.91 Å². The first-order chi connectivity index (χ1) is 5.57. The van der Waals surface area contributed by atoms with Gasteiger partial charge in [-0.1, -0.05) is 6.92 Å². The zero-order valence-corrected chi connectivity index (χ0v) is 8.34. The van der Waals surface area contributed by atoms with Crippen LogP contribution < -0.4 is 5.73 Å². The molecule has 72 valence electrons. The second-order valence-corrected chi connectivity index (χ2v) is 3.51. The molecule has 0 aromatic carbocycles. The molecule has 0 heterocycles. The summed E-state index contributed by atoms with van der Waals surface area (Å²) in [5.41, 5.74) is 5.40. The van der Waals surface area contributed by atoms with Crippen molar-refractivity contribution in [1.29, 1.82) is 0 Å². The van der Waals surface area contributed by atoms with Gasteiger partial charge in [0.1, 0.15) is 0 Å². The molecule has 0 aromatic heterocycles. The van der Waals surface area contributed by atoms with Gasteiger partial charge in [-0.05, 0) is 25.3 Å². The Kier molecular flexibility index (Phi) is 5.72. The van der Waals surface area contributed by atoms with Crippen LogP contribution in [-0.4, -0.2) is 31.4 Å². The number of carbonyl (C=O) groups excluding carboxylic acids is 1. The first-order valence-electron chi connectivity index (χ1n) is 4.48. The molecule has 1 unspecified atom stereocenters. The molecule has 0 radical (unpaired) electrons. The van der Waals surface area contributed by atoms with Crippen molar-refractivity contribution in [2.75, 3.05) is 20.6 Å². The first kappa shape index (κ1) is 11.4. The Bertz CT molecular complexity index is 134. The van der Waals surface area contributed by atoms with Gasteiger partial charge in [-0.15, -0.1) is 0 Å². The Morgan fingerprint density at radius 3 is 2.42 bits per heavy atom. The van der Waals surface area contributed by atoms with Crippen LogP contribution in [-0.2, 0) is 4.79 Å². The standard InChI is InChI=1S/C9H20N2O/c1-8(6-7-10)4-5-9(12)11(2)3/h8H,4-7,10H2,1-3H3. The molecule has 2 N–H and O–H groups in total. The topological polar surface area (TPSA) is 46.3 Å². The molecule has 1 amide bonds. The highest BCUT2D eigenvalue weighted by atomic mass is 16.2. The first-order valence-corrected chi connectivity index (χ1v) is 4.48. The third kappa shape index (κ3) is 5.13. The monoisotopic (exact) mass is 172 g/mol. The average molecular weight is 172 g/mol. The SMILES string of the molecule is CC(CCN)CCC(=O)N(C)C. The molecule has 0 fully saturated rings. The van der Waals surface area contributed by atoms with Crippen molar-refractivity contribution in [2.45, 2.75) is 26.2 Å². The molecule has 0 aliphatic heterocycles. The van der Waals surface area contributed by atoms with Crippen LogP contribution in [0.2, 0.25) is 0 Å². The zero-order valence-electron chi connectivity index (χ0n) is 8.34. The third-order valence-corrected chi connectivity index (χ3v) is 2.01. The Balaban J connectivity index is 3.47. The Hall–Kier alpha value is -0.570. The molecule has 0 aromatic rings. The van der Waals surface area contributed by atoms with E-state index in [1.165, 1.54) is 0 Å². The van der Waals surface area contributed by atoms with Gasteiger partial charge in [-0.2, -0.15) is 0 Å². The molecule has 0 rings (SSSR count). The van der Waals surface area contributed by atoms with Crippen LogP contribution in [0.25, 0.3) is 0 Å². The number of nitrogens with zero attached hydrogens (tertiary/aromatic N) is 1. The number of carbonyl (C=O) groups is 1. The van der Waals surface area contributed by atoms with Crippen LogP contribution in [0.5, 0.6) is 0 Å². The number of rotatable bonds is 5. The fourth-order valence-electron chi connectivity index (χ4n) is 1.02. The van der Waals surface area contributed by atoms with E-state index in [9.17, 15) is 4.79 Å². The summed E-state index contributed by atoms with van der Waals surface area (Å²) in [7, 11) is 3.58. The van der Waals surface area contributed by atoms with E-state index in [2.05, 4.69) is 6.92 Å². The minimum Gasteiger partial charge on any atom is -0.349 e. The van der Waals surface area contributed by atoms with E-state index in [4.69, 9.17) is 5.73 Å². The van der Waals surface area contributed by atoms with Gasteiger partial charge in [0.15, 0.2) is 0 Å². The van der Waals surface area contributed by atoms with Crippen molar-refractivity contribution in [3.63, 3.8) is 0 Å². The van der Waals surface area contributed by atoms with E-state index < -0.39 is 0 Å². The van der Waals surface area contributed by atoms with Crippen LogP contribution in [0.1, 0.15) is 26.2 Å². The fraction of sp³-hybridized carbons (Fsp3) is 0.889. The molecule has 0 saturated carbocycles. The average Bonchev–Trinajstić information content (AvgIpc) is 2.00. The normalized spacial score (nSPS) is 12.7. The van der Waals surface area contributed by atoms with Crippen molar-refractivity contribution in [1.82, 2.24) is 4.90 Å². The van der Waals surface area contributed by atoms with Crippen molar-refractivity contribution >= 4 is 5.91 Å². The second kappa shape index (κ2) is 6.00. The summed E-state index contributed by atoms with van der Waals surface area (Å²) in [4.78, 5) is 12.8. The molecule has 3 heteroatoms. The number of amides is 1. The maximum absolute atomic E-state index is 11.1. The van der Waals surface area contributed by atoms with Gasteiger partial charge in [0, 0.05) is 20.5 Å². The van der Waals surface area contributed by atoms with E-state index in [-0.39, 0.29) is 5.91 Å². The predicted octanol–water partition coefficient (Wildman–Crippen LogP) is 0.840. The molecule has 0 aliphatic carbocycles. The van der Waals surface area contributed by atoms with Crippen LogP contribution in [0.3, 0.4) is 0 Å². The van der Waals surface area contributed by atoms with Crippen molar-refractivity contribution in [2.24, 2.45) is 11.7 Å². The highest BCUT2D eigenvalue weighted by Gasteiger charge is 2.06. The van der Waals surface area contributed by atoms with E-state index in [1.807, 2.05) is 0 Å². The van der Waals surface area contributed by atoms with Gasteiger partial charge < -0.3 is 10.6 Å². The molecule has 0 saturated heterocycles. The Labute approximate surface area is 74.9 Å². The summed E-state index contributed by atoms with van der Waals surface area (Å²) >= 11 is 0. The molecular formula is C9H20N2O. The van der Waals surface area contributed by atoms with E-state index in [1.54, 1.807) is 19.0 Å². The van der Waals surface area contributed by atoms with Crippen molar-refractivity contribution in [3.05, 3.63) is 0 Å². The lowest BCUT2D eigenvalue weighted by Crippen LogP contribution is -2.22.